The van der Waals surface area contributed by atoms with Gasteiger partial charge >= 0.3 is 0 Å². The zero-order chi connectivity index (χ0) is 8.10. The van der Waals surface area contributed by atoms with Gasteiger partial charge in [0.25, 0.3) is 0 Å². The van der Waals surface area contributed by atoms with Crippen molar-refractivity contribution in [3.63, 3.8) is 0 Å². The molecule has 0 aliphatic carbocycles. The van der Waals surface area contributed by atoms with E-state index >= 15 is 0 Å². The Balaban J connectivity index is 2.76. The Kier molecular flexibility index (Phi) is 3.01. The van der Waals surface area contributed by atoms with E-state index in [4.69, 9.17) is 5.26 Å². The number of nitriles is 1. The maximum Gasteiger partial charge on any atom is 0.158 e. The summed E-state index contributed by atoms with van der Waals surface area (Å²) in [5.74, 6) is 0.587. The SMILES string of the molecule is N#Cc1cnc(NSS)cn1. The molecule has 6 heteroatoms. The van der Waals surface area contributed by atoms with Gasteiger partial charge in [0, 0.05) is 11.0 Å². The van der Waals surface area contributed by atoms with E-state index in [9.17, 15) is 0 Å². The van der Waals surface area contributed by atoms with Gasteiger partial charge in [0.2, 0.25) is 0 Å². The fraction of sp³-hybridized carbons (Fsp3) is 0. The second-order valence-corrected chi connectivity index (χ2v) is 2.53. The van der Waals surface area contributed by atoms with Gasteiger partial charge in [-0.15, -0.1) is 0 Å². The van der Waals surface area contributed by atoms with E-state index in [0.29, 0.717) is 11.5 Å². The molecule has 0 bridgehead atoms. The topological polar surface area (TPSA) is 61.6 Å². The summed E-state index contributed by atoms with van der Waals surface area (Å²) in [6.45, 7) is 0. The van der Waals surface area contributed by atoms with Crippen LogP contribution in [-0.4, -0.2) is 9.97 Å². The van der Waals surface area contributed by atoms with Crippen LogP contribution in [0, 0.1) is 11.3 Å². The zero-order valence-electron chi connectivity index (χ0n) is 5.35. The second-order valence-electron chi connectivity index (χ2n) is 1.59. The zero-order valence-corrected chi connectivity index (χ0v) is 7.06. The fourth-order valence-electron chi connectivity index (χ4n) is 0.485. The van der Waals surface area contributed by atoms with E-state index in [1.165, 1.54) is 12.4 Å². The van der Waals surface area contributed by atoms with Gasteiger partial charge in [-0.25, -0.2) is 9.97 Å². The number of anilines is 1. The van der Waals surface area contributed by atoms with Crippen molar-refractivity contribution in [3.8, 4) is 6.07 Å². The van der Waals surface area contributed by atoms with Gasteiger partial charge in [-0.2, -0.15) is 5.26 Å². The third-order valence-electron chi connectivity index (χ3n) is 0.917. The number of nitrogens with zero attached hydrogens (tertiary/aromatic N) is 3. The summed E-state index contributed by atoms with van der Waals surface area (Å²) in [6, 6.07) is 1.87. The first-order valence-electron chi connectivity index (χ1n) is 2.65. The Bertz CT molecular complexity index is 265. The van der Waals surface area contributed by atoms with Gasteiger partial charge in [-0.05, 0) is 0 Å². The lowest BCUT2D eigenvalue weighted by Crippen LogP contribution is -1.90. The minimum Gasteiger partial charge on any atom is -0.304 e. The number of hydrogen-bond acceptors (Lipinski definition) is 6. The Morgan fingerprint density at radius 2 is 2.36 bits per heavy atom. The minimum absolute atomic E-state index is 0.305. The maximum absolute atomic E-state index is 8.37. The lowest BCUT2D eigenvalue weighted by atomic mass is 10.5. The summed E-state index contributed by atoms with van der Waals surface area (Å²) in [4.78, 5) is 7.66. The Labute approximate surface area is 73.0 Å². The number of nitrogens with one attached hydrogen (secondary N) is 1. The van der Waals surface area contributed by atoms with Gasteiger partial charge in [0.1, 0.15) is 6.07 Å². The first-order chi connectivity index (χ1) is 5.36. The molecule has 1 rings (SSSR count). The minimum atomic E-state index is 0.305. The first kappa shape index (κ1) is 8.17. The molecule has 1 heterocycles. The molecule has 0 atom stereocenters. The quantitative estimate of drug-likeness (QED) is 0.411. The molecule has 0 aliphatic heterocycles. The number of hydrogen-bond donors (Lipinski definition) is 2. The van der Waals surface area contributed by atoms with E-state index in [2.05, 4.69) is 26.4 Å². The van der Waals surface area contributed by atoms with Crippen LogP contribution in [0.25, 0.3) is 0 Å². The Morgan fingerprint density at radius 1 is 1.55 bits per heavy atom. The Morgan fingerprint density at radius 3 is 2.82 bits per heavy atom. The van der Waals surface area contributed by atoms with Crippen LogP contribution < -0.4 is 4.72 Å². The molecule has 0 fully saturated rings. The van der Waals surface area contributed by atoms with E-state index in [-0.39, 0.29) is 0 Å². The normalized spacial score (nSPS) is 8.73. The molecule has 0 radical (unpaired) electrons. The van der Waals surface area contributed by atoms with Gasteiger partial charge in [0.15, 0.2) is 11.5 Å². The molecule has 0 amide bonds. The van der Waals surface area contributed by atoms with Crippen LogP contribution >= 0.6 is 22.6 Å². The van der Waals surface area contributed by atoms with Gasteiger partial charge in [0.05, 0.1) is 12.4 Å². The molecule has 1 aromatic rings. The summed E-state index contributed by atoms with van der Waals surface area (Å²) in [6.07, 6.45) is 2.87. The van der Waals surface area contributed by atoms with Crippen LogP contribution in [0.1, 0.15) is 5.69 Å². The molecule has 0 saturated carbocycles. The van der Waals surface area contributed by atoms with E-state index in [0.717, 1.165) is 11.0 Å². The summed E-state index contributed by atoms with van der Waals surface area (Å²) in [5.41, 5.74) is 0.305. The van der Waals surface area contributed by atoms with Crippen molar-refractivity contribution in [2.45, 2.75) is 0 Å². The molecule has 4 nitrogen and oxygen atoms in total. The Hall–Kier alpha value is -0.930. The number of aromatic nitrogens is 2. The van der Waals surface area contributed by atoms with Crippen LogP contribution in [-0.2, 0) is 0 Å². The predicted octanol–water partition coefficient (Wildman–Crippen LogP) is 1.25. The standard InChI is InChI=1S/C5H4N4S2/c6-1-4-2-8-5(3-7-4)9-11-10/h2-3,10H,(H,8,9). The highest BCUT2D eigenvalue weighted by Gasteiger charge is 1.93. The average molecular weight is 184 g/mol. The molecule has 0 aliphatic rings. The molecule has 0 saturated heterocycles. The monoisotopic (exact) mass is 184 g/mol. The van der Waals surface area contributed by atoms with Gasteiger partial charge < -0.3 is 4.72 Å². The summed E-state index contributed by atoms with van der Waals surface area (Å²) >= 11 is 3.85. The van der Waals surface area contributed by atoms with E-state index in [1.807, 2.05) is 6.07 Å². The molecule has 11 heavy (non-hydrogen) atoms. The van der Waals surface area contributed by atoms with Crippen LogP contribution in [0.3, 0.4) is 0 Å². The maximum atomic E-state index is 8.37. The number of thiol groups is 1. The average Bonchev–Trinajstić information content (AvgIpc) is 2.07. The third kappa shape index (κ3) is 2.29. The molecule has 0 spiro atoms. The molecule has 56 valence electrons. The van der Waals surface area contributed by atoms with Crippen molar-refractivity contribution in [1.29, 1.82) is 5.26 Å². The molecule has 0 aromatic carbocycles. The predicted molar refractivity (Wildman–Crippen MR) is 46.9 cm³/mol. The highest BCUT2D eigenvalue weighted by Crippen LogP contribution is 2.09. The van der Waals surface area contributed by atoms with Crippen molar-refractivity contribution in [2.75, 3.05) is 4.72 Å². The lowest BCUT2D eigenvalue weighted by molar-refractivity contribution is 1.17. The summed E-state index contributed by atoms with van der Waals surface area (Å²) in [5, 5.41) is 8.37. The third-order valence-corrected chi connectivity index (χ3v) is 1.49. The van der Waals surface area contributed by atoms with E-state index in [1.54, 1.807) is 0 Å². The van der Waals surface area contributed by atoms with Gasteiger partial charge in [-0.3, -0.25) is 0 Å². The van der Waals surface area contributed by atoms with Gasteiger partial charge in [-0.1, -0.05) is 11.7 Å². The highest BCUT2D eigenvalue weighted by atomic mass is 33.1. The lowest BCUT2D eigenvalue weighted by Gasteiger charge is -1.96. The molecule has 1 N–H and O–H groups in total. The largest absolute Gasteiger partial charge is 0.304 e. The second kappa shape index (κ2) is 4.05. The summed E-state index contributed by atoms with van der Waals surface area (Å²) < 4.78 is 2.76. The van der Waals surface area contributed by atoms with Crippen molar-refractivity contribution in [2.24, 2.45) is 0 Å². The van der Waals surface area contributed by atoms with Crippen LogP contribution in [0.5, 0.6) is 0 Å². The number of rotatable bonds is 2. The fourth-order valence-corrected chi connectivity index (χ4v) is 0.965. The van der Waals surface area contributed by atoms with Crippen LogP contribution in [0.15, 0.2) is 12.4 Å². The molecule has 0 unspecified atom stereocenters. The van der Waals surface area contributed by atoms with Crippen molar-refractivity contribution in [3.05, 3.63) is 18.1 Å². The summed E-state index contributed by atoms with van der Waals surface area (Å²) in [7, 11) is 1.13. The van der Waals surface area contributed by atoms with Crippen molar-refractivity contribution in [1.82, 2.24) is 9.97 Å². The molecular formula is C5H4N4S2. The molecular weight excluding hydrogens is 180 g/mol. The molecule has 1 aromatic heterocycles. The highest BCUT2D eigenvalue weighted by molar-refractivity contribution is 8.69. The first-order valence-corrected chi connectivity index (χ1v) is 4.52. The van der Waals surface area contributed by atoms with E-state index < -0.39 is 0 Å². The van der Waals surface area contributed by atoms with Crippen LogP contribution in [0.2, 0.25) is 0 Å². The smallest absolute Gasteiger partial charge is 0.158 e. The van der Waals surface area contributed by atoms with Crippen molar-refractivity contribution >= 4 is 28.5 Å². The van der Waals surface area contributed by atoms with Crippen molar-refractivity contribution < 1.29 is 0 Å². The van der Waals surface area contributed by atoms with Crippen LogP contribution in [0.4, 0.5) is 5.82 Å².